The van der Waals surface area contributed by atoms with Crippen LogP contribution in [0.5, 0.6) is 0 Å². The maximum atomic E-state index is 12.0. The van der Waals surface area contributed by atoms with Gasteiger partial charge in [-0.15, -0.1) is 0 Å². The standard InChI is InChI=1S/C16H23N3O2/c1-3-12(2)13-4-6-14(7-5-13)18-16(21)11-19-9-8-17-15(20)10-19/h4-7,12H,3,8-11H2,1-2H3,(H,17,20)(H,18,21). The molecular weight excluding hydrogens is 266 g/mol. The highest BCUT2D eigenvalue weighted by Gasteiger charge is 2.18. The maximum absolute atomic E-state index is 12.0. The molecule has 5 nitrogen and oxygen atoms in total. The number of nitrogens with one attached hydrogen (secondary N) is 2. The van der Waals surface area contributed by atoms with Gasteiger partial charge < -0.3 is 10.6 Å². The zero-order valence-corrected chi connectivity index (χ0v) is 12.7. The Kier molecular flexibility index (Phi) is 5.33. The summed E-state index contributed by atoms with van der Waals surface area (Å²) in [4.78, 5) is 25.1. The molecule has 2 amide bonds. The van der Waals surface area contributed by atoms with Gasteiger partial charge in [-0.25, -0.2) is 0 Å². The number of anilines is 1. The van der Waals surface area contributed by atoms with Crippen LogP contribution in [0.1, 0.15) is 31.7 Å². The molecule has 2 N–H and O–H groups in total. The second-order valence-corrected chi connectivity index (χ2v) is 5.54. The Morgan fingerprint density at radius 3 is 2.71 bits per heavy atom. The van der Waals surface area contributed by atoms with Crippen LogP contribution < -0.4 is 10.6 Å². The van der Waals surface area contributed by atoms with Crippen molar-refractivity contribution >= 4 is 17.5 Å². The number of nitrogens with zero attached hydrogens (tertiary/aromatic N) is 1. The van der Waals surface area contributed by atoms with Crippen molar-refractivity contribution in [2.24, 2.45) is 0 Å². The summed E-state index contributed by atoms with van der Waals surface area (Å²) in [5.74, 6) is 0.426. The van der Waals surface area contributed by atoms with E-state index in [9.17, 15) is 9.59 Å². The summed E-state index contributed by atoms with van der Waals surface area (Å²) < 4.78 is 0. The molecule has 0 aromatic heterocycles. The topological polar surface area (TPSA) is 61.4 Å². The molecule has 2 rings (SSSR count). The Hall–Kier alpha value is -1.88. The zero-order chi connectivity index (χ0) is 15.2. The largest absolute Gasteiger partial charge is 0.354 e. The first-order valence-corrected chi connectivity index (χ1v) is 7.47. The van der Waals surface area contributed by atoms with E-state index in [0.29, 0.717) is 25.6 Å². The average Bonchev–Trinajstić information content (AvgIpc) is 2.47. The quantitative estimate of drug-likeness (QED) is 0.865. The molecule has 21 heavy (non-hydrogen) atoms. The predicted molar refractivity (Wildman–Crippen MR) is 83.2 cm³/mol. The lowest BCUT2D eigenvalue weighted by atomic mass is 9.99. The highest BCUT2D eigenvalue weighted by atomic mass is 16.2. The van der Waals surface area contributed by atoms with Crippen LogP contribution in [0.4, 0.5) is 5.69 Å². The molecule has 1 aliphatic rings. The Bertz CT molecular complexity index is 499. The molecule has 1 fully saturated rings. The van der Waals surface area contributed by atoms with Gasteiger partial charge in [0.15, 0.2) is 0 Å². The van der Waals surface area contributed by atoms with Crippen LogP contribution in [-0.4, -0.2) is 42.9 Å². The fraction of sp³-hybridized carbons (Fsp3) is 0.500. The van der Waals surface area contributed by atoms with Crippen LogP contribution in [0, 0.1) is 0 Å². The number of carbonyl (C=O) groups excluding carboxylic acids is 2. The van der Waals surface area contributed by atoms with Crippen molar-refractivity contribution in [3.63, 3.8) is 0 Å². The van der Waals surface area contributed by atoms with E-state index in [1.54, 1.807) is 0 Å². The molecule has 1 atom stereocenters. The summed E-state index contributed by atoms with van der Waals surface area (Å²) >= 11 is 0. The van der Waals surface area contributed by atoms with Crippen molar-refractivity contribution in [2.45, 2.75) is 26.2 Å². The van der Waals surface area contributed by atoms with Crippen molar-refractivity contribution in [3.8, 4) is 0 Å². The smallest absolute Gasteiger partial charge is 0.238 e. The number of piperazine rings is 1. The number of rotatable bonds is 5. The van der Waals surface area contributed by atoms with Gasteiger partial charge in [-0.2, -0.15) is 0 Å². The monoisotopic (exact) mass is 289 g/mol. The molecule has 0 saturated carbocycles. The van der Waals surface area contributed by atoms with Gasteiger partial charge in [0.25, 0.3) is 0 Å². The van der Waals surface area contributed by atoms with Crippen molar-refractivity contribution < 1.29 is 9.59 Å². The molecule has 1 aromatic rings. The molecule has 114 valence electrons. The second-order valence-electron chi connectivity index (χ2n) is 5.54. The zero-order valence-electron chi connectivity index (χ0n) is 12.7. The third kappa shape index (κ3) is 4.56. The molecule has 0 bridgehead atoms. The Morgan fingerprint density at radius 2 is 2.10 bits per heavy atom. The number of hydrogen-bond acceptors (Lipinski definition) is 3. The lowest BCUT2D eigenvalue weighted by Crippen LogP contribution is -2.49. The van der Waals surface area contributed by atoms with Gasteiger partial charge in [0, 0.05) is 18.8 Å². The van der Waals surface area contributed by atoms with Crippen LogP contribution in [-0.2, 0) is 9.59 Å². The fourth-order valence-electron chi connectivity index (χ4n) is 2.36. The summed E-state index contributed by atoms with van der Waals surface area (Å²) in [5, 5.41) is 5.62. The third-order valence-corrected chi connectivity index (χ3v) is 3.86. The van der Waals surface area contributed by atoms with Gasteiger partial charge >= 0.3 is 0 Å². The molecular formula is C16H23N3O2. The Balaban J connectivity index is 1.86. The van der Waals surface area contributed by atoms with Crippen LogP contribution >= 0.6 is 0 Å². The van der Waals surface area contributed by atoms with Crippen molar-refractivity contribution in [1.29, 1.82) is 0 Å². The first-order valence-electron chi connectivity index (χ1n) is 7.47. The summed E-state index contributed by atoms with van der Waals surface area (Å²) in [6.07, 6.45) is 1.10. The van der Waals surface area contributed by atoms with E-state index < -0.39 is 0 Å². The Morgan fingerprint density at radius 1 is 1.38 bits per heavy atom. The first-order chi connectivity index (χ1) is 10.1. The van der Waals surface area contributed by atoms with Gasteiger partial charge in [0.2, 0.25) is 11.8 Å². The summed E-state index contributed by atoms with van der Waals surface area (Å²) in [7, 11) is 0. The van der Waals surface area contributed by atoms with Crippen LogP contribution in [0.3, 0.4) is 0 Å². The Labute approximate surface area is 125 Å². The molecule has 1 aromatic carbocycles. The first kappa shape index (κ1) is 15.5. The van der Waals surface area contributed by atoms with Gasteiger partial charge in [-0.3, -0.25) is 14.5 Å². The summed E-state index contributed by atoms with van der Waals surface area (Å²) in [6, 6.07) is 7.97. The van der Waals surface area contributed by atoms with E-state index in [1.165, 1.54) is 5.56 Å². The van der Waals surface area contributed by atoms with Gasteiger partial charge in [0.05, 0.1) is 13.1 Å². The lowest BCUT2D eigenvalue weighted by Gasteiger charge is -2.25. The van der Waals surface area contributed by atoms with Gasteiger partial charge in [-0.05, 0) is 30.0 Å². The fourth-order valence-corrected chi connectivity index (χ4v) is 2.36. The second kappa shape index (κ2) is 7.22. The molecule has 1 saturated heterocycles. The highest BCUT2D eigenvalue weighted by Crippen LogP contribution is 2.20. The molecule has 0 aliphatic carbocycles. The maximum Gasteiger partial charge on any atom is 0.238 e. The number of carbonyl (C=O) groups is 2. The van der Waals surface area contributed by atoms with E-state index in [1.807, 2.05) is 17.0 Å². The van der Waals surface area contributed by atoms with Crippen molar-refractivity contribution in [2.75, 3.05) is 31.5 Å². The summed E-state index contributed by atoms with van der Waals surface area (Å²) in [6.45, 7) is 6.22. The third-order valence-electron chi connectivity index (χ3n) is 3.86. The molecule has 0 radical (unpaired) electrons. The molecule has 0 spiro atoms. The van der Waals surface area contributed by atoms with Crippen LogP contribution in [0.15, 0.2) is 24.3 Å². The highest BCUT2D eigenvalue weighted by molar-refractivity contribution is 5.92. The van der Waals surface area contributed by atoms with E-state index in [-0.39, 0.29) is 18.4 Å². The van der Waals surface area contributed by atoms with Crippen LogP contribution in [0.25, 0.3) is 0 Å². The minimum Gasteiger partial charge on any atom is -0.354 e. The SMILES string of the molecule is CCC(C)c1ccc(NC(=O)CN2CCNC(=O)C2)cc1. The van der Waals surface area contributed by atoms with E-state index in [4.69, 9.17) is 0 Å². The summed E-state index contributed by atoms with van der Waals surface area (Å²) in [5.41, 5.74) is 2.08. The van der Waals surface area contributed by atoms with E-state index in [0.717, 1.165) is 12.1 Å². The number of hydrogen-bond donors (Lipinski definition) is 2. The van der Waals surface area contributed by atoms with E-state index >= 15 is 0 Å². The molecule has 5 heteroatoms. The minimum atomic E-state index is -0.0824. The molecule has 1 heterocycles. The number of amides is 2. The predicted octanol–water partition coefficient (Wildman–Crippen LogP) is 1.57. The lowest BCUT2D eigenvalue weighted by molar-refractivity contribution is -0.125. The van der Waals surface area contributed by atoms with Gasteiger partial charge in [0.1, 0.15) is 0 Å². The van der Waals surface area contributed by atoms with Gasteiger partial charge in [-0.1, -0.05) is 26.0 Å². The molecule has 1 aliphatic heterocycles. The normalized spacial score (nSPS) is 17.1. The van der Waals surface area contributed by atoms with E-state index in [2.05, 4.69) is 36.6 Å². The van der Waals surface area contributed by atoms with Crippen LogP contribution in [0.2, 0.25) is 0 Å². The van der Waals surface area contributed by atoms with Crippen molar-refractivity contribution in [3.05, 3.63) is 29.8 Å². The van der Waals surface area contributed by atoms with Crippen molar-refractivity contribution in [1.82, 2.24) is 10.2 Å². The minimum absolute atomic E-state index is 0.0213. The average molecular weight is 289 g/mol. The molecule has 1 unspecified atom stereocenters. The number of benzene rings is 1.